The predicted molar refractivity (Wildman–Crippen MR) is 161 cm³/mol. The average Bonchev–Trinajstić information content (AvgIpc) is 3.68. The fourth-order valence-electron chi connectivity index (χ4n) is 5.57. The summed E-state index contributed by atoms with van der Waals surface area (Å²) in [5.74, 6) is 0.636. The maximum Gasteiger partial charge on any atom is 0.410 e. The maximum atomic E-state index is 13.0. The number of carbonyl (C=O) groups excluding carboxylic acids is 3. The fraction of sp³-hybridized carbons (Fsp3) is 0.559. The Labute approximate surface area is 254 Å². The van der Waals surface area contributed by atoms with Crippen LogP contribution in [0, 0.1) is 0 Å². The summed E-state index contributed by atoms with van der Waals surface area (Å²) < 4.78 is 23.2. The summed E-state index contributed by atoms with van der Waals surface area (Å²) in [5.41, 5.74) is 2.09. The Morgan fingerprint density at radius 1 is 0.953 bits per heavy atom. The summed E-state index contributed by atoms with van der Waals surface area (Å²) >= 11 is 0. The standard InChI is InChI=1S/C34H44N2O7/c1-22(35-31(37)29-8-6-20-40-29)30(25-13-11-24(12-14-25)23-9-10-23)41-27-17-15-26(16-18-27)32(38)42-28-7-5-19-36(21-28)33(39)43-34(2,3)4/h11-18,22-23,28-30H,5-10,19-21H2,1-4H3,(H,35,37)/t22?,28-,29+,30?/m0/s1. The number of rotatable bonds is 9. The molecular weight excluding hydrogens is 548 g/mol. The molecule has 0 aromatic heterocycles. The van der Waals surface area contributed by atoms with Gasteiger partial charge in [-0.15, -0.1) is 0 Å². The van der Waals surface area contributed by atoms with Crippen LogP contribution in [0.25, 0.3) is 0 Å². The summed E-state index contributed by atoms with van der Waals surface area (Å²) in [4.78, 5) is 39.9. The number of nitrogens with one attached hydrogen (secondary N) is 1. The zero-order valence-electron chi connectivity index (χ0n) is 25.7. The summed E-state index contributed by atoms with van der Waals surface area (Å²) in [6, 6.07) is 14.9. The smallest absolute Gasteiger partial charge is 0.410 e. The molecule has 43 heavy (non-hydrogen) atoms. The van der Waals surface area contributed by atoms with Crippen molar-refractivity contribution in [1.82, 2.24) is 10.2 Å². The largest absolute Gasteiger partial charge is 0.484 e. The summed E-state index contributed by atoms with van der Waals surface area (Å²) in [6.45, 7) is 8.90. The normalized spacial score (nSPS) is 21.9. The Morgan fingerprint density at radius 2 is 1.67 bits per heavy atom. The van der Waals surface area contributed by atoms with Crippen LogP contribution < -0.4 is 10.1 Å². The van der Waals surface area contributed by atoms with Crippen LogP contribution >= 0.6 is 0 Å². The van der Waals surface area contributed by atoms with Crippen LogP contribution in [0.2, 0.25) is 0 Å². The van der Waals surface area contributed by atoms with Crippen molar-refractivity contribution < 1.29 is 33.3 Å². The van der Waals surface area contributed by atoms with E-state index in [2.05, 4.69) is 29.6 Å². The van der Waals surface area contributed by atoms with E-state index < -0.39 is 36.0 Å². The highest BCUT2D eigenvalue weighted by Gasteiger charge is 2.31. The zero-order chi connectivity index (χ0) is 30.6. The number of amides is 2. The molecule has 2 unspecified atom stereocenters. The zero-order valence-corrected chi connectivity index (χ0v) is 25.7. The molecule has 1 aliphatic carbocycles. The number of piperidine rings is 1. The van der Waals surface area contributed by atoms with Gasteiger partial charge in [0.25, 0.3) is 0 Å². The molecular formula is C34H44N2O7. The number of ether oxygens (including phenoxy) is 4. The molecule has 4 atom stereocenters. The van der Waals surface area contributed by atoms with Gasteiger partial charge in [-0.2, -0.15) is 0 Å². The minimum Gasteiger partial charge on any atom is -0.484 e. The molecule has 2 aromatic carbocycles. The van der Waals surface area contributed by atoms with Crippen LogP contribution in [0.4, 0.5) is 4.79 Å². The highest BCUT2D eigenvalue weighted by Crippen LogP contribution is 2.40. The van der Waals surface area contributed by atoms with Crippen LogP contribution in [0.15, 0.2) is 48.5 Å². The Hall–Kier alpha value is -3.59. The summed E-state index contributed by atoms with van der Waals surface area (Å²) in [5, 5.41) is 3.09. The first kappa shape index (κ1) is 30.9. The van der Waals surface area contributed by atoms with Crippen LogP contribution in [0.3, 0.4) is 0 Å². The van der Waals surface area contributed by atoms with Crippen molar-refractivity contribution in [2.24, 2.45) is 0 Å². The van der Waals surface area contributed by atoms with Crippen LogP contribution in [-0.4, -0.2) is 66.4 Å². The van der Waals surface area contributed by atoms with Crippen LogP contribution in [0.5, 0.6) is 5.75 Å². The minimum atomic E-state index is -0.586. The second-order valence-electron chi connectivity index (χ2n) is 12.9. The van der Waals surface area contributed by atoms with Gasteiger partial charge in [-0.3, -0.25) is 4.79 Å². The number of likely N-dealkylation sites (tertiary alicyclic amines) is 1. The van der Waals surface area contributed by atoms with Gasteiger partial charge in [-0.1, -0.05) is 24.3 Å². The lowest BCUT2D eigenvalue weighted by molar-refractivity contribution is -0.131. The monoisotopic (exact) mass is 592 g/mol. The van der Waals surface area contributed by atoms with E-state index in [1.165, 1.54) is 18.4 Å². The van der Waals surface area contributed by atoms with Gasteiger partial charge < -0.3 is 29.2 Å². The Balaban J connectivity index is 1.22. The third-order valence-electron chi connectivity index (χ3n) is 8.02. The maximum absolute atomic E-state index is 13.0. The van der Waals surface area contributed by atoms with Gasteiger partial charge in [0, 0.05) is 13.2 Å². The van der Waals surface area contributed by atoms with Gasteiger partial charge in [0.15, 0.2) is 0 Å². The molecule has 2 heterocycles. The summed E-state index contributed by atoms with van der Waals surface area (Å²) in [6.07, 6.45) is 3.80. The van der Waals surface area contributed by atoms with E-state index in [9.17, 15) is 14.4 Å². The molecule has 1 saturated carbocycles. The van der Waals surface area contributed by atoms with E-state index in [1.54, 1.807) is 29.2 Å². The van der Waals surface area contributed by atoms with E-state index in [0.29, 0.717) is 43.3 Å². The number of benzene rings is 2. The number of esters is 1. The Kier molecular flexibility index (Phi) is 9.59. The van der Waals surface area contributed by atoms with E-state index in [1.807, 2.05) is 27.7 Å². The van der Waals surface area contributed by atoms with Crippen molar-refractivity contribution in [3.05, 3.63) is 65.2 Å². The van der Waals surface area contributed by atoms with E-state index in [0.717, 1.165) is 24.8 Å². The lowest BCUT2D eigenvalue weighted by Gasteiger charge is -2.33. The third kappa shape index (κ3) is 8.50. The molecule has 0 spiro atoms. The second kappa shape index (κ2) is 13.4. The van der Waals surface area contributed by atoms with Gasteiger partial charge >= 0.3 is 12.1 Å². The van der Waals surface area contributed by atoms with Crippen LogP contribution in [-0.2, 0) is 19.0 Å². The van der Waals surface area contributed by atoms with Crippen molar-refractivity contribution >= 4 is 18.0 Å². The molecule has 2 saturated heterocycles. The molecule has 3 fully saturated rings. The van der Waals surface area contributed by atoms with Gasteiger partial charge in [0.2, 0.25) is 5.91 Å². The molecule has 9 nitrogen and oxygen atoms in total. The quantitative estimate of drug-likeness (QED) is 0.360. The molecule has 2 aliphatic heterocycles. The molecule has 0 radical (unpaired) electrons. The first-order valence-corrected chi connectivity index (χ1v) is 15.5. The minimum absolute atomic E-state index is 0.126. The molecule has 1 N–H and O–H groups in total. The summed E-state index contributed by atoms with van der Waals surface area (Å²) in [7, 11) is 0. The van der Waals surface area contributed by atoms with Gasteiger partial charge in [-0.25, -0.2) is 9.59 Å². The van der Waals surface area contributed by atoms with Crippen molar-refractivity contribution in [3.63, 3.8) is 0 Å². The Bertz CT molecular complexity index is 1260. The first-order chi connectivity index (χ1) is 20.6. The van der Waals surface area contributed by atoms with Crippen molar-refractivity contribution in [1.29, 1.82) is 0 Å². The fourth-order valence-corrected chi connectivity index (χ4v) is 5.57. The highest BCUT2D eigenvalue weighted by atomic mass is 16.6. The van der Waals surface area contributed by atoms with E-state index in [-0.39, 0.29) is 11.9 Å². The van der Waals surface area contributed by atoms with Crippen LogP contribution in [0.1, 0.15) is 99.7 Å². The Morgan fingerprint density at radius 3 is 2.30 bits per heavy atom. The molecule has 5 rings (SSSR count). The molecule has 3 aliphatic rings. The van der Waals surface area contributed by atoms with Crippen molar-refractivity contribution in [2.45, 2.75) is 102 Å². The number of hydrogen-bond donors (Lipinski definition) is 1. The average molecular weight is 593 g/mol. The molecule has 2 aromatic rings. The van der Waals surface area contributed by atoms with Crippen molar-refractivity contribution in [3.8, 4) is 5.75 Å². The third-order valence-corrected chi connectivity index (χ3v) is 8.02. The number of nitrogens with zero attached hydrogens (tertiary/aromatic N) is 1. The lowest BCUT2D eigenvalue weighted by atomic mass is 10.00. The highest BCUT2D eigenvalue weighted by molar-refractivity contribution is 5.89. The van der Waals surface area contributed by atoms with Crippen molar-refractivity contribution in [2.75, 3.05) is 19.7 Å². The molecule has 0 bridgehead atoms. The van der Waals surface area contributed by atoms with Gasteiger partial charge in [0.1, 0.15) is 29.7 Å². The van der Waals surface area contributed by atoms with Gasteiger partial charge in [0.05, 0.1) is 18.2 Å². The SMILES string of the molecule is CC(NC(=O)[C@H]1CCCO1)C(Oc1ccc(C(=O)O[C@H]2CCCN(C(=O)OC(C)(C)C)C2)cc1)c1ccc(C2CC2)cc1. The molecule has 2 amide bonds. The second-order valence-corrected chi connectivity index (χ2v) is 12.9. The lowest BCUT2D eigenvalue weighted by Crippen LogP contribution is -2.45. The first-order valence-electron chi connectivity index (χ1n) is 15.5. The molecule has 9 heteroatoms. The molecule has 232 valence electrons. The number of hydrogen-bond acceptors (Lipinski definition) is 7. The van der Waals surface area contributed by atoms with E-state index >= 15 is 0 Å². The van der Waals surface area contributed by atoms with E-state index in [4.69, 9.17) is 18.9 Å². The predicted octanol–water partition coefficient (Wildman–Crippen LogP) is 5.92. The number of carbonyl (C=O) groups is 3. The van der Waals surface area contributed by atoms with Gasteiger partial charge in [-0.05, 0) is 108 Å². The topological polar surface area (TPSA) is 103 Å².